The molecule has 1 aliphatic rings. The van der Waals surface area contributed by atoms with E-state index in [-0.39, 0.29) is 6.61 Å². The molecule has 0 amide bonds. The highest BCUT2D eigenvalue weighted by Crippen LogP contribution is 2.28. The van der Waals surface area contributed by atoms with Gasteiger partial charge in [-0.2, -0.15) is 0 Å². The Kier molecular flexibility index (Phi) is 3.58. The largest absolute Gasteiger partial charge is 0.393 e. The van der Waals surface area contributed by atoms with E-state index >= 15 is 0 Å². The molecule has 1 atom stereocenters. The molecular formula is C14H20N4O2. The standard InChI is InChI=1S/C14H20N4O2/c1-2-10-6-15-12-11(10)13(18-9-17-12)16-7-14(8-19)4-3-5-20-14/h6,9,19H,2-5,7-8H2,1H3,(H2,15,16,17,18). The first kappa shape index (κ1) is 13.3. The molecule has 3 heterocycles. The predicted octanol–water partition coefficient (Wildman–Crippen LogP) is 1.47. The van der Waals surface area contributed by atoms with Gasteiger partial charge in [0.2, 0.25) is 0 Å². The van der Waals surface area contributed by atoms with Crippen molar-refractivity contribution in [1.29, 1.82) is 0 Å². The Balaban J connectivity index is 1.85. The topological polar surface area (TPSA) is 83.1 Å². The summed E-state index contributed by atoms with van der Waals surface area (Å²) in [6.45, 7) is 3.41. The van der Waals surface area contributed by atoms with E-state index in [0.29, 0.717) is 13.2 Å². The van der Waals surface area contributed by atoms with Crippen LogP contribution in [-0.4, -0.2) is 45.4 Å². The molecule has 1 fully saturated rings. The SMILES string of the molecule is CCc1c[nH]c2ncnc(NCC3(CO)CCCO3)c12. The summed E-state index contributed by atoms with van der Waals surface area (Å²) in [6, 6.07) is 0. The maximum absolute atomic E-state index is 9.56. The number of aryl methyl sites for hydroxylation is 1. The molecule has 0 spiro atoms. The van der Waals surface area contributed by atoms with E-state index in [1.54, 1.807) is 6.33 Å². The lowest BCUT2D eigenvalue weighted by Crippen LogP contribution is -2.40. The van der Waals surface area contributed by atoms with Gasteiger partial charge in [-0.05, 0) is 24.8 Å². The number of fused-ring (bicyclic) bond motifs is 1. The van der Waals surface area contributed by atoms with Crippen LogP contribution in [0.1, 0.15) is 25.3 Å². The van der Waals surface area contributed by atoms with Crippen LogP contribution in [0.25, 0.3) is 11.0 Å². The first-order chi connectivity index (χ1) is 9.78. The van der Waals surface area contributed by atoms with Crippen molar-refractivity contribution >= 4 is 16.9 Å². The minimum absolute atomic E-state index is 0.0298. The van der Waals surface area contributed by atoms with E-state index in [4.69, 9.17) is 4.74 Å². The highest BCUT2D eigenvalue weighted by molar-refractivity contribution is 5.90. The van der Waals surface area contributed by atoms with E-state index in [0.717, 1.165) is 36.1 Å². The zero-order chi connectivity index (χ0) is 14.0. The Morgan fingerprint density at radius 3 is 3.10 bits per heavy atom. The van der Waals surface area contributed by atoms with Gasteiger partial charge < -0.3 is 20.1 Å². The van der Waals surface area contributed by atoms with Crippen molar-refractivity contribution < 1.29 is 9.84 Å². The van der Waals surface area contributed by atoms with Crippen LogP contribution in [0.15, 0.2) is 12.5 Å². The number of H-pyrrole nitrogens is 1. The third kappa shape index (κ3) is 2.25. The van der Waals surface area contributed by atoms with Crippen LogP contribution >= 0.6 is 0 Å². The van der Waals surface area contributed by atoms with Gasteiger partial charge in [-0.15, -0.1) is 0 Å². The molecule has 0 bridgehead atoms. The van der Waals surface area contributed by atoms with Gasteiger partial charge in [-0.25, -0.2) is 9.97 Å². The third-order valence-corrected chi connectivity index (χ3v) is 3.98. The number of aromatic amines is 1. The van der Waals surface area contributed by atoms with E-state index in [2.05, 4.69) is 27.2 Å². The molecule has 0 radical (unpaired) electrons. The lowest BCUT2D eigenvalue weighted by molar-refractivity contribution is -0.0279. The molecule has 2 aromatic heterocycles. The normalized spacial score (nSPS) is 22.5. The molecule has 3 N–H and O–H groups in total. The molecule has 108 valence electrons. The maximum Gasteiger partial charge on any atom is 0.143 e. The lowest BCUT2D eigenvalue weighted by atomic mass is 10.0. The summed E-state index contributed by atoms with van der Waals surface area (Å²) in [5, 5.41) is 13.9. The number of nitrogens with one attached hydrogen (secondary N) is 2. The average Bonchev–Trinajstić information content (AvgIpc) is 3.12. The van der Waals surface area contributed by atoms with Crippen molar-refractivity contribution in [2.75, 3.05) is 25.1 Å². The van der Waals surface area contributed by atoms with Gasteiger partial charge in [-0.1, -0.05) is 6.92 Å². The monoisotopic (exact) mass is 276 g/mol. The summed E-state index contributed by atoms with van der Waals surface area (Å²) in [5.74, 6) is 0.802. The molecule has 0 aliphatic carbocycles. The molecule has 3 rings (SSSR count). The van der Waals surface area contributed by atoms with Gasteiger partial charge in [0.15, 0.2) is 0 Å². The van der Waals surface area contributed by atoms with Gasteiger partial charge in [0, 0.05) is 19.3 Å². The summed E-state index contributed by atoms with van der Waals surface area (Å²) < 4.78 is 5.70. The number of aliphatic hydroxyl groups is 1. The summed E-state index contributed by atoms with van der Waals surface area (Å²) in [7, 11) is 0. The van der Waals surface area contributed by atoms with E-state index in [1.807, 2.05) is 6.20 Å². The second-order valence-electron chi connectivity index (χ2n) is 5.26. The van der Waals surface area contributed by atoms with Crippen LogP contribution in [0.4, 0.5) is 5.82 Å². The number of aliphatic hydroxyl groups excluding tert-OH is 1. The van der Waals surface area contributed by atoms with Gasteiger partial charge in [0.25, 0.3) is 0 Å². The minimum atomic E-state index is -0.472. The van der Waals surface area contributed by atoms with Gasteiger partial charge in [-0.3, -0.25) is 0 Å². The number of nitrogens with zero attached hydrogens (tertiary/aromatic N) is 2. The molecule has 6 nitrogen and oxygen atoms in total. The maximum atomic E-state index is 9.56. The average molecular weight is 276 g/mol. The van der Waals surface area contributed by atoms with Crippen molar-refractivity contribution in [3.05, 3.63) is 18.1 Å². The van der Waals surface area contributed by atoms with Crippen molar-refractivity contribution in [1.82, 2.24) is 15.0 Å². The summed E-state index contributed by atoms with van der Waals surface area (Å²) in [6.07, 6.45) is 6.30. The van der Waals surface area contributed by atoms with Crippen LogP contribution in [-0.2, 0) is 11.2 Å². The number of ether oxygens (including phenoxy) is 1. The van der Waals surface area contributed by atoms with Gasteiger partial charge in [0.1, 0.15) is 23.4 Å². The number of hydrogen-bond donors (Lipinski definition) is 3. The third-order valence-electron chi connectivity index (χ3n) is 3.98. The van der Waals surface area contributed by atoms with Crippen molar-refractivity contribution in [3.63, 3.8) is 0 Å². The Labute approximate surface area is 117 Å². The fraction of sp³-hybridized carbons (Fsp3) is 0.571. The molecule has 20 heavy (non-hydrogen) atoms. The zero-order valence-corrected chi connectivity index (χ0v) is 11.6. The quantitative estimate of drug-likeness (QED) is 0.770. The Morgan fingerprint density at radius 2 is 2.40 bits per heavy atom. The van der Waals surface area contributed by atoms with Crippen molar-refractivity contribution in [2.24, 2.45) is 0 Å². The van der Waals surface area contributed by atoms with E-state index < -0.39 is 5.60 Å². The Bertz CT molecular complexity index is 590. The van der Waals surface area contributed by atoms with Crippen LogP contribution in [0.3, 0.4) is 0 Å². The Morgan fingerprint density at radius 1 is 1.50 bits per heavy atom. The molecule has 1 aliphatic heterocycles. The Hall–Kier alpha value is -1.66. The molecule has 0 aromatic carbocycles. The molecule has 0 saturated carbocycles. The van der Waals surface area contributed by atoms with Crippen LogP contribution < -0.4 is 5.32 Å². The second-order valence-corrected chi connectivity index (χ2v) is 5.26. The highest BCUT2D eigenvalue weighted by Gasteiger charge is 2.34. The molecule has 6 heteroatoms. The van der Waals surface area contributed by atoms with Crippen molar-refractivity contribution in [2.45, 2.75) is 31.8 Å². The van der Waals surface area contributed by atoms with Crippen molar-refractivity contribution in [3.8, 4) is 0 Å². The smallest absolute Gasteiger partial charge is 0.143 e. The summed E-state index contributed by atoms with van der Waals surface area (Å²) >= 11 is 0. The van der Waals surface area contributed by atoms with E-state index in [9.17, 15) is 5.11 Å². The van der Waals surface area contributed by atoms with E-state index in [1.165, 1.54) is 5.56 Å². The number of hydrogen-bond acceptors (Lipinski definition) is 5. The second kappa shape index (κ2) is 5.38. The summed E-state index contributed by atoms with van der Waals surface area (Å²) in [4.78, 5) is 11.7. The summed E-state index contributed by atoms with van der Waals surface area (Å²) in [5.41, 5.74) is 1.55. The van der Waals surface area contributed by atoms with Crippen LogP contribution in [0.2, 0.25) is 0 Å². The minimum Gasteiger partial charge on any atom is -0.393 e. The fourth-order valence-electron chi connectivity index (χ4n) is 2.76. The first-order valence-corrected chi connectivity index (χ1v) is 7.07. The van der Waals surface area contributed by atoms with Gasteiger partial charge in [0.05, 0.1) is 12.0 Å². The number of rotatable bonds is 5. The lowest BCUT2D eigenvalue weighted by Gasteiger charge is -2.26. The molecule has 1 unspecified atom stereocenters. The van der Waals surface area contributed by atoms with Gasteiger partial charge >= 0.3 is 0 Å². The highest BCUT2D eigenvalue weighted by atomic mass is 16.5. The van der Waals surface area contributed by atoms with Crippen LogP contribution in [0, 0.1) is 0 Å². The molecular weight excluding hydrogens is 256 g/mol. The first-order valence-electron chi connectivity index (χ1n) is 7.07. The molecule has 1 saturated heterocycles. The predicted molar refractivity (Wildman–Crippen MR) is 76.8 cm³/mol. The van der Waals surface area contributed by atoms with Crippen LogP contribution in [0.5, 0.6) is 0 Å². The molecule has 2 aromatic rings. The fourth-order valence-corrected chi connectivity index (χ4v) is 2.76. The number of anilines is 1. The zero-order valence-electron chi connectivity index (χ0n) is 11.6. The number of aromatic nitrogens is 3.